The van der Waals surface area contributed by atoms with Crippen LogP contribution in [-0.2, 0) is 24.8 Å². The largest absolute Gasteiger partial charge is 0.476 e. The Bertz CT molecular complexity index is 575. The molecule has 0 fully saturated rings. The van der Waals surface area contributed by atoms with Gasteiger partial charge in [-0.05, 0) is 0 Å². The molecule has 0 atom stereocenters. The molecule has 0 amide bonds. The molecule has 8 nitrogen and oxygen atoms in total. The maximum absolute atomic E-state index is 11.1. The maximum Gasteiger partial charge on any atom is 0.358 e. The zero-order chi connectivity index (χ0) is 13.8. The number of hydrogen-bond donors (Lipinski definition) is 1. The summed E-state index contributed by atoms with van der Waals surface area (Å²) >= 11 is 0. The molecule has 2 aromatic heterocycles. The summed E-state index contributed by atoms with van der Waals surface area (Å²) in [5, 5.41) is 16.7. The van der Waals surface area contributed by atoms with Crippen LogP contribution in [0.4, 0.5) is 0 Å². The van der Waals surface area contributed by atoms with Crippen molar-refractivity contribution in [3.8, 4) is 0 Å². The second-order valence-electron chi connectivity index (χ2n) is 4.09. The summed E-state index contributed by atoms with van der Waals surface area (Å²) in [6.45, 7) is 0.842. The summed E-state index contributed by atoms with van der Waals surface area (Å²) in [5.74, 6) is -1.08. The van der Waals surface area contributed by atoms with Crippen LogP contribution in [0.3, 0.4) is 0 Å². The van der Waals surface area contributed by atoms with Gasteiger partial charge in [0.1, 0.15) is 0 Å². The molecule has 0 radical (unpaired) electrons. The second kappa shape index (κ2) is 5.61. The number of carboxylic acid groups (broad SMARTS) is 1. The van der Waals surface area contributed by atoms with E-state index in [4.69, 9.17) is 9.84 Å². The number of aromatic carboxylic acids is 1. The lowest BCUT2D eigenvalue weighted by molar-refractivity contribution is 0.0688. The normalized spacial score (nSPS) is 10.8. The Balaban J connectivity index is 2.29. The van der Waals surface area contributed by atoms with E-state index >= 15 is 0 Å². The molecule has 19 heavy (non-hydrogen) atoms. The molecule has 1 N–H and O–H groups in total. The first kappa shape index (κ1) is 13.2. The Kier molecular flexibility index (Phi) is 3.91. The third kappa shape index (κ3) is 2.79. The molecular weight excluding hydrogens is 250 g/mol. The van der Waals surface area contributed by atoms with E-state index in [0.29, 0.717) is 25.3 Å². The number of rotatable bonds is 6. The minimum atomic E-state index is -1.08. The van der Waals surface area contributed by atoms with Crippen molar-refractivity contribution in [2.45, 2.75) is 13.0 Å². The number of carbonyl (C=O) groups is 1. The third-order valence-corrected chi connectivity index (χ3v) is 2.81. The van der Waals surface area contributed by atoms with Crippen molar-refractivity contribution in [2.75, 3.05) is 13.7 Å². The highest BCUT2D eigenvalue weighted by molar-refractivity contribution is 5.86. The van der Waals surface area contributed by atoms with Crippen LogP contribution in [0.2, 0.25) is 0 Å². The summed E-state index contributed by atoms with van der Waals surface area (Å²) in [5.41, 5.74) is 1.44. The van der Waals surface area contributed by atoms with Gasteiger partial charge in [-0.3, -0.25) is 0 Å². The number of hydrogen-bond acceptors (Lipinski definition) is 5. The average Bonchev–Trinajstić information content (AvgIpc) is 2.95. The van der Waals surface area contributed by atoms with Gasteiger partial charge in [-0.2, -0.15) is 0 Å². The van der Waals surface area contributed by atoms with Gasteiger partial charge in [0.2, 0.25) is 0 Å². The minimum Gasteiger partial charge on any atom is -0.476 e. The molecule has 2 aromatic rings. The number of methoxy groups -OCH3 is 1. The lowest BCUT2D eigenvalue weighted by Crippen LogP contribution is -2.13. The number of carboxylic acids is 1. The zero-order valence-electron chi connectivity index (χ0n) is 10.8. The fourth-order valence-electron chi connectivity index (χ4n) is 1.76. The van der Waals surface area contributed by atoms with Crippen molar-refractivity contribution >= 4 is 5.97 Å². The Morgan fingerprint density at radius 3 is 2.89 bits per heavy atom. The summed E-state index contributed by atoms with van der Waals surface area (Å²) in [6, 6.07) is 0. The molecule has 2 heterocycles. The van der Waals surface area contributed by atoms with Gasteiger partial charge in [0, 0.05) is 20.6 Å². The van der Waals surface area contributed by atoms with Gasteiger partial charge in [0.15, 0.2) is 5.69 Å². The van der Waals surface area contributed by atoms with Crippen molar-refractivity contribution in [1.29, 1.82) is 0 Å². The molecule has 0 saturated heterocycles. The molecule has 102 valence electrons. The van der Waals surface area contributed by atoms with Crippen molar-refractivity contribution in [2.24, 2.45) is 7.05 Å². The minimum absolute atomic E-state index is 0.0285. The van der Waals surface area contributed by atoms with Gasteiger partial charge in [0.25, 0.3) is 0 Å². The van der Waals surface area contributed by atoms with E-state index in [2.05, 4.69) is 15.3 Å². The maximum atomic E-state index is 11.1. The van der Waals surface area contributed by atoms with Gasteiger partial charge in [0.05, 0.1) is 37.1 Å². The van der Waals surface area contributed by atoms with Gasteiger partial charge < -0.3 is 14.4 Å². The Hall–Kier alpha value is -2.22. The lowest BCUT2D eigenvalue weighted by atomic mass is 10.2. The highest BCUT2D eigenvalue weighted by Gasteiger charge is 2.19. The summed E-state index contributed by atoms with van der Waals surface area (Å²) in [7, 11) is 3.43. The molecule has 0 aliphatic rings. The molecule has 2 rings (SSSR count). The Labute approximate surface area is 109 Å². The second-order valence-corrected chi connectivity index (χ2v) is 4.09. The molecule has 0 aliphatic heterocycles. The van der Waals surface area contributed by atoms with Crippen LogP contribution >= 0.6 is 0 Å². The molecule has 0 aliphatic carbocycles. The number of nitrogens with zero attached hydrogens (tertiary/aromatic N) is 5. The van der Waals surface area contributed by atoms with Crippen LogP contribution in [0.15, 0.2) is 12.5 Å². The van der Waals surface area contributed by atoms with Crippen LogP contribution < -0.4 is 0 Å². The van der Waals surface area contributed by atoms with E-state index in [9.17, 15) is 4.79 Å². The average molecular weight is 265 g/mol. The van der Waals surface area contributed by atoms with E-state index in [1.165, 1.54) is 0 Å². The highest BCUT2D eigenvalue weighted by Crippen LogP contribution is 2.09. The van der Waals surface area contributed by atoms with E-state index in [1.54, 1.807) is 24.3 Å². The van der Waals surface area contributed by atoms with E-state index < -0.39 is 5.97 Å². The molecule has 0 saturated carbocycles. The molecule has 0 aromatic carbocycles. The first-order valence-electron chi connectivity index (χ1n) is 5.73. The zero-order valence-corrected chi connectivity index (χ0v) is 10.8. The molecule has 8 heteroatoms. The van der Waals surface area contributed by atoms with Crippen LogP contribution in [0.25, 0.3) is 0 Å². The summed E-state index contributed by atoms with van der Waals surface area (Å²) < 4.78 is 8.40. The van der Waals surface area contributed by atoms with Gasteiger partial charge in [-0.15, -0.1) is 5.10 Å². The topological polar surface area (TPSA) is 95.1 Å². The predicted octanol–water partition coefficient (Wildman–Crippen LogP) is -0.0530. The fourth-order valence-corrected chi connectivity index (χ4v) is 1.76. The molecule has 0 spiro atoms. The Morgan fingerprint density at radius 1 is 1.53 bits per heavy atom. The number of imidazole rings is 1. The van der Waals surface area contributed by atoms with Crippen LogP contribution in [0, 0.1) is 0 Å². The smallest absolute Gasteiger partial charge is 0.358 e. The first-order valence-corrected chi connectivity index (χ1v) is 5.73. The number of aryl methyl sites for hydroxylation is 1. The van der Waals surface area contributed by atoms with Gasteiger partial charge in [-0.25, -0.2) is 14.5 Å². The quantitative estimate of drug-likeness (QED) is 0.786. The van der Waals surface area contributed by atoms with Crippen molar-refractivity contribution in [3.63, 3.8) is 0 Å². The number of ether oxygens (including phenoxy) is 1. The van der Waals surface area contributed by atoms with Crippen LogP contribution in [-0.4, -0.2) is 49.3 Å². The standard InChI is InChI=1S/C11H15N5O3/c1-15-7-12-5-8(15)6-16-9(3-4-19-2)10(11(17)18)13-14-16/h5,7H,3-4,6H2,1-2H3,(H,17,18). The summed E-state index contributed by atoms with van der Waals surface area (Å²) in [6.07, 6.45) is 3.84. The van der Waals surface area contributed by atoms with Crippen LogP contribution in [0.1, 0.15) is 21.9 Å². The van der Waals surface area contributed by atoms with Crippen molar-refractivity contribution in [3.05, 3.63) is 29.6 Å². The van der Waals surface area contributed by atoms with Gasteiger partial charge >= 0.3 is 5.97 Å². The Morgan fingerprint density at radius 2 is 2.32 bits per heavy atom. The fraction of sp³-hybridized carbons (Fsp3) is 0.455. The van der Waals surface area contributed by atoms with Crippen LogP contribution in [0.5, 0.6) is 0 Å². The molecule has 0 bridgehead atoms. The predicted molar refractivity (Wildman–Crippen MR) is 64.9 cm³/mol. The first-order chi connectivity index (χ1) is 9.13. The van der Waals surface area contributed by atoms with Crippen molar-refractivity contribution < 1.29 is 14.6 Å². The monoisotopic (exact) mass is 265 g/mol. The van der Waals surface area contributed by atoms with E-state index in [1.807, 2.05) is 11.6 Å². The number of aromatic nitrogens is 5. The third-order valence-electron chi connectivity index (χ3n) is 2.81. The van der Waals surface area contributed by atoms with E-state index in [0.717, 1.165) is 5.69 Å². The highest BCUT2D eigenvalue weighted by atomic mass is 16.5. The van der Waals surface area contributed by atoms with Crippen molar-refractivity contribution in [1.82, 2.24) is 24.5 Å². The SMILES string of the molecule is COCCc1c(C(=O)O)nnn1Cc1cncn1C. The van der Waals surface area contributed by atoms with Gasteiger partial charge in [-0.1, -0.05) is 5.21 Å². The summed E-state index contributed by atoms with van der Waals surface area (Å²) in [4.78, 5) is 15.1. The lowest BCUT2D eigenvalue weighted by Gasteiger charge is -2.07. The van der Waals surface area contributed by atoms with E-state index in [-0.39, 0.29) is 5.69 Å². The molecule has 0 unspecified atom stereocenters. The molecular formula is C11H15N5O3.